The Hall–Kier alpha value is -1.88. The number of halogens is 1. The van der Waals surface area contributed by atoms with E-state index in [4.69, 9.17) is 17.3 Å². The number of aryl methyl sites for hydroxylation is 2. The zero-order valence-corrected chi connectivity index (χ0v) is 12.3. The number of ketones is 1. The second-order valence-corrected chi connectivity index (χ2v) is 4.80. The molecular formula is C14H17ClN4O. The first-order valence-corrected chi connectivity index (χ1v) is 6.94. The van der Waals surface area contributed by atoms with E-state index in [-0.39, 0.29) is 17.9 Å². The van der Waals surface area contributed by atoms with E-state index in [9.17, 15) is 4.79 Å². The molecule has 0 aromatic carbocycles. The Labute approximate surface area is 122 Å². The van der Waals surface area contributed by atoms with Crippen LogP contribution in [0.15, 0.2) is 18.3 Å². The molecular weight excluding hydrogens is 276 g/mol. The van der Waals surface area contributed by atoms with Gasteiger partial charge >= 0.3 is 0 Å². The van der Waals surface area contributed by atoms with Crippen LogP contribution in [0, 0.1) is 0 Å². The molecule has 0 bridgehead atoms. The first-order chi connectivity index (χ1) is 9.58. The molecule has 0 saturated carbocycles. The van der Waals surface area contributed by atoms with Gasteiger partial charge in [0.1, 0.15) is 5.69 Å². The van der Waals surface area contributed by atoms with Crippen LogP contribution >= 0.6 is 11.6 Å². The monoisotopic (exact) mass is 292 g/mol. The molecule has 5 nitrogen and oxygen atoms in total. The van der Waals surface area contributed by atoms with E-state index in [1.807, 2.05) is 13.8 Å². The van der Waals surface area contributed by atoms with Gasteiger partial charge in [-0.2, -0.15) is 5.10 Å². The smallest absolute Gasteiger partial charge is 0.189 e. The van der Waals surface area contributed by atoms with Gasteiger partial charge in [0.05, 0.1) is 28.5 Å². The molecule has 20 heavy (non-hydrogen) atoms. The van der Waals surface area contributed by atoms with Crippen molar-refractivity contribution in [2.75, 3.05) is 5.73 Å². The molecule has 0 aliphatic rings. The largest absolute Gasteiger partial charge is 0.397 e. The summed E-state index contributed by atoms with van der Waals surface area (Å²) < 4.78 is 1.76. The molecule has 106 valence electrons. The average Bonchev–Trinajstić information content (AvgIpc) is 2.75. The average molecular weight is 293 g/mol. The standard InChI is InChI=1S/C14H17ClN4O/c1-3-10-13(15)11(19(4-2)18-10)8-12(20)14-9(16)6-5-7-17-14/h5-7H,3-4,8,16H2,1-2H3. The van der Waals surface area contributed by atoms with Gasteiger partial charge in [0, 0.05) is 12.7 Å². The predicted octanol–water partition coefficient (Wildman–Crippen LogP) is 2.52. The predicted molar refractivity (Wildman–Crippen MR) is 79.0 cm³/mol. The number of Topliss-reactive ketones (excluding diaryl/α,β-unsaturated/α-hetero) is 1. The Morgan fingerprint density at radius 1 is 1.45 bits per heavy atom. The van der Waals surface area contributed by atoms with Crippen LogP contribution in [0.3, 0.4) is 0 Å². The molecule has 0 aliphatic heterocycles. The number of nitrogens with zero attached hydrogens (tertiary/aromatic N) is 3. The lowest BCUT2D eigenvalue weighted by Crippen LogP contribution is -2.13. The molecule has 0 unspecified atom stereocenters. The van der Waals surface area contributed by atoms with Crippen molar-refractivity contribution in [2.24, 2.45) is 0 Å². The summed E-state index contributed by atoms with van der Waals surface area (Å²) in [5.41, 5.74) is 7.97. The molecule has 2 N–H and O–H groups in total. The number of pyridine rings is 1. The molecule has 0 atom stereocenters. The first kappa shape index (κ1) is 14.5. The van der Waals surface area contributed by atoms with Gasteiger partial charge in [0.15, 0.2) is 5.78 Å². The Morgan fingerprint density at radius 2 is 2.20 bits per heavy atom. The number of carbonyl (C=O) groups excluding carboxylic acids is 1. The van der Waals surface area contributed by atoms with Crippen LogP contribution < -0.4 is 5.73 Å². The fourth-order valence-electron chi connectivity index (χ4n) is 2.07. The summed E-state index contributed by atoms with van der Waals surface area (Å²) in [4.78, 5) is 16.3. The van der Waals surface area contributed by atoms with Crippen LogP contribution in [0.4, 0.5) is 5.69 Å². The summed E-state index contributed by atoms with van der Waals surface area (Å²) in [6.07, 6.45) is 2.44. The van der Waals surface area contributed by atoms with Crippen molar-refractivity contribution in [2.45, 2.75) is 33.2 Å². The Balaban J connectivity index is 2.33. The molecule has 2 rings (SSSR count). The van der Waals surface area contributed by atoms with E-state index in [0.29, 0.717) is 17.3 Å². The highest BCUT2D eigenvalue weighted by molar-refractivity contribution is 6.32. The highest BCUT2D eigenvalue weighted by Gasteiger charge is 2.19. The molecule has 2 aromatic heterocycles. The lowest BCUT2D eigenvalue weighted by Gasteiger charge is -2.06. The molecule has 0 amide bonds. The normalized spacial score (nSPS) is 10.8. The minimum atomic E-state index is -0.151. The van der Waals surface area contributed by atoms with Crippen molar-refractivity contribution < 1.29 is 4.79 Å². The number of nitrogen functional groups attached to an aromatic ring is 1. The maximum atomic E-state index is 12.3. The van der Waals surface area contributed by atoms with Gasteiger partial charge in [0.2, 0.25) is 0 Å². The molecule has 0 fully saturated rings. The van der Waals surface area contributed by atoms with E-state index in [1.165, 1.54) is 0 Å². The lowest BCUT2D eigenvalue weighted by molar-refractivity contribution is 0.0986. The van der Waals surface area contributed by atoms with Crippen molar-refractivity contribution in [3.8, 4) is 0 Å². The lowest BCUT2D eigenvalue weighted by atomic mass is 10.1. The van der Waals surface area contributed by atoms with Gasteiger partial charge in [0.25, 0.3) is 0 Å². The summed E-state index contributed by atoms with van der Waals surface area (Å²) in [5, 5.41) is 4.96. The van der Waals surface area contributed by atoms with Gasteiger partial charge in [-0.25, -0.2) is 0 Å². The van der Waals surface area contributed by atoms with E-state index >= 15 is 0 Å². The summed E-state index contributed by atoms with van der Waals surface area (Å²) in [6.45, 7) is 4.61. The molecule has 2 heterocycles. The van der Waals surface area contributed by atoms with E-state index in [0.717, 1.165) is 17.8 Å². The van der Waals surface area contributed by atoms with Gasteiger partial charge < -0.3 is 5.73 Å². The van der Waals surface area contributed by atoms with E-state index in [2.05, 4.69) is 10.1 Å². The van der Waals surface area contributed by atoms with Crippen molar-refractivity contribution in [3.63, 3.8) is 0 Å². The zero-order chi connectivity index (χ0) is 14.7. The molecule has 0 spiro atoms. The third kappa shape index (κ3) is 2.67. The second kappa shape index (κ2) is 6.05. The molecule has 0 saturated heterocycles. The van der Waals surface area contributed by atoms with Gasteiger partial charge in [-0.05, 0) is 25.5 Å². The highest BCUT2D eigenvalue weighted by Crippen LogP contribution is 2.23. The SMILES string of the molecule is CCc1nn(CC)c(CC(=O)c2ncccc2N)c1Cl. The maximum absolute atomic E-state index is 12.3. The fourth-order valence-corrected chi connectivity index (χ4v) is 2.41. The Morgan fingerprint density at radius 3 is 2.80 bits per heavy atom. The van der Waals surface area contributed by atoms with Crippen LogP contribution in [-0.2, 0) is 19.4 Å². The number of aromatic nitrogens is 3. The van der Waals surface area contributed by atoms with Crippen LogP contribution in [0.2, 0.25) is 5.02 Å². The van der Waals surface area contributed by atoms with Crippen LogP contribution in [-0.4, -0.2) is 20.5 Å². The number of carbonyl (C=O) groups is 1. The quantitative estimate of drug-likeness (QED) is 0.859. The van der Waals surface area contributed by atoms with E-state index < -0.39 is 0 Å². The van der Waals surface area contributed by atoms with Crippen molar-refractivity contribution in [3.05, 3.63) is 40.4 Å². The highest BCUT2D eigenvalue weighted by atomic mass is 35.5. The van der Waals surface area contributed by atoms with Crippen LogP contribution in [0.5, 0.6) is 0 Å². The van der Waals surface area contributed by atoms with Crippen LogP contribution in [0.25, 0.3) is 0 Å². The molecule has 0 radical (unpaired) electrons. The second-order valence-electron chi connectivity index (χ2n) is 4.42. The first-order valence-electron chi connectivity index (χ1n) is 6.56. The third-order valence-corrected chi connectivity index (χ3v) is 3.56. The summed E-state index contributed by atoms with van der Waals surface area (Å²) in [7, 11) is 0. The fraction of sp³-hybridized carbons (Fsp3) is 0.357. The van der Waals surface area contributed by atoms with Crippen molar-refractivity contribution >= 4 is 23.1 Å². The summed E-state index contributed by atoms with van der Waals surface area (Å²) >= 11 is 6.29. The minimum Gasteiger partial charge on any atom is -0.397 e. The Bertz CT molecular complexity index is 636. The van der Waals surface area contributed by atoms with Gasteiger partial charge in [-0.1, -0.05) is 18.5 Å². The number of anilines is 1. The summed E-state index contributed by atoms with van der Waals surface area (Å²) in [6, 6.07) is 3.36. The molecule has 2 aromatic rings. The topological polar surface area (TPSA) is 73.8 Å². The number of nitrogens with two attached hydrogens (primary N) is 1. The van der Waals surface area contributed by atoms with E-state index in [1.54, 1.807) is 23.0 Å². The summed E-state index contributed by atoms with van der Waals surface area (Å²) in [5.74, 6) is -0.151. The number of hydrogen-bond donors (Lipinski definition) is 1. The third-order valence-electron chi connectivity index (χ3n) is 3.13. The van der Waals surface area contributed by atoms with Crippen molar-refractivity contribution in [1.82, 2.24) is 14.8 Å². The Kier molecular flexibility index (Phi) is 4.39. The minimum absolute atomic E-state index is 0.151. The number of hydrogen-bond acceptors (Lipinski definition) is 4. The number of rotatable bonds is 5. The van der Waals surface area contributed by atoms with Gasteiger partial charge in [-0.3, -0.25) is 14.5 Å². The van der Waals surface area contributed by atoms with Crippen molar-refractivity contribution in [1.29, 1.82) is 0 Å². The zero-order valence-electron chi connectivity index (χ0n) is 11.6. The maximum Gasteiger partial charge on any atom is 0.189 e. The van der Waals surface area contributed by atoms with Gasteiger partial charge in [-0.15, -0.1) is 0 Å². The van der Waals surface area contributed by atoms with Crippen LogP contribution in [0.1, 0.15) is 35.7 Å². The molecule has 0 aliphatic carbocycles. The molecule has 6 heteroatoms.